The molecule has 1 fully saturated rings. The fourth-order valence-electron chi connectivity index (χ4n) is 2.18. The van der Waals surface area contributed by atoms with E-state index >= 15 is 0 Å². The van der Waals surface area contributed by atoms with Gasteiger partial charge in [-0.05, 0) is 37.4 Å². The summed E-state index contributed by atoms with van der Waals surface area (Å²) in [5.74, 6) is 2.06. The van der Waals surface area contributed by atoms with Crippen LogP contribution in [0.1, 0.15) is 25.7 Å². The quantitative estimate of drug-likeness (QED) is 0.607. The van der Waals surface area contributed by atoms with Gasteiger partial charge in [0.15, 0.2) is 0 Å². The smallest absolute Gasteiger partial charge is 0.0960 e. The number of aromatic nitrogens is 1. The van der Waals surface area contributed by atoms with E-state index in [-0.39, 0.29) is 0 Å². The molecule has 2 rings (SSSR count). The third-order valence-electron chi connectivity index (χ3n) is 3.07. The van der Waals surface area contributed by atoms with E-state index < -0.39 is 0 Å². The lowest BCUT2D eigenvalue weighted by Crippen LogP contribution is -2.23. The Labute approximate surface area is 102 Å². The highest BCUT2D eigenvalue weighted by atomic mass is 32.2. The van der Waals surface area contributed by atoms with E-state index in [1.807, 2.05) is 30.1 Å². The molecule has 0 unspecified atom stereocenters. The highest BCUT2D eigenvalue weighted by molar-refractivity contribution is 7.99. The van der Waals surface area contributed by atoms with Gasteiger partial charge < -0.3 is 5.32 Å². The van der Waals surface area contributed by atoms with Gasteiger partial charge in [0.25, 0.3) is 0 Å². The van der Waals surface area contributed by atoms with E-state index in [0.717, 1.165) is 23.2 Å². The van der Waals surface area contributed by atoms with Crippen LogP contribution in [-0.4, -0.2) is 23.8 Å². The summed E-state index contributed by atoms with van der Waals surface area (Å²) in [6.45, 7) is 2.31. The molecule has 1 aliphatic rings. The van der Waals surface area contributed by atoms with Gasteiger partial charge >= 0.3 is 0 Å². The number of pyridine rings is 1. The molecule has 2 nitrogen and oxygen atoms in total. The summed E-state index contributed by atoms with van der Waals surface area (Å²) >= 11 is 1.83. The summed E-state index contributed by atoms with van der Waals surface area (Å²) in [7, 11) is 0. The van der Waals surface area contributed by atoms with Gasteiger partial charge in [0.2, 0.25) is 0 Å². The van der Waals surface area contributed by atoms with Gasteiger partial charge in [-0.3, -0.25) is 0 Å². The third kappa shape index (κ3) is 4.14. The second-order valence-electron chi connectivity index (χ2n) is 4.37. The molecule has 0 aliphatic heterocycles. The molecule has 1 aliphatic carbocycles. The minimum Gasteiger partial charge on any atom is -0.316 e. The molecule has 0 radical (unpaired) electrons. The molecule has 0 saturated heterocycles. The summed E-state index contributed by atoms with van der Waals surface area (Å²) < 4.78 is 0. The van der Waals surface area contributed by atoms with Crippen LogP contribution in [0.2, 0.25) is 0 Å². The third-order valence-corrected chi connectivity index (χ3v) is 4.02. The van der Waals surface area contributed by atoms with Crippen molar-refractivity contribution in [2.45, 2.75) is 30.7 Å². The lowest BCUT2D eigenvalue weighted by molar-refractivity contribution is 0.500. The Morgan fingerprint density at radius 1 is 1.31 bits per heavy atom. The average Bonchev–Trinajstić information content (AvgIpc) is 2.83. The van der Waals surface area contributed by atoms with Gasteiger partial charge in [-0.2, -0.15) is 0 Å². The van der Waals surface area contributed by atoms with E-state index in [9.17, 15) is 0 Å². The van der Waals surface area contributed by atoms with Crippen molar-refractivity contribution in [1.29, 1.82) is 0 Å². The van der Waals surface area contributed by atoms with Crippen LogP contribution in [-0.2, 0) is 0 Å². The van der Waals surface area contributed by atoms with Crippen LogP contribution in [0, 0.1) is 5.92 Å². The van der Waals surface area contributed by atoms with Gasteiger partial charge in [-0.25, -0.2) is 4.98 Å². The van der Waals surface area contributed by atoms with Gasteiger partial charge in [-0.1, -0.05) is 18.9 Å². The molecule has 16 heavy (non-hydrogen) atoms. The standard InChI is InChI=1S/C13H20N2S/c1-2-6-12(5-1)11-14-9-10-16-13-7-3-4-8-15-13/h3-4,7-8,12,14H,1-2,5-6,9-11H2. The van der Waals surface area contributed by atoms with Crippen LogP contribution in [0.4, 0.5) is 0 Å². The molecular weight excluding hydrogens is 216 g/mol. The highest BCUT2D eigenvalue weighted by Gasteiger charge is 2.13. The predicted molar refractivity (Wildman–Crippen MR) is 69.8 cm³/mol. The van der Waals surface area contributed by atoms with E-state index in [4.69, 9.17) is 0 Å². The van der Waals surface area contributed by atoms with Crippen molar-refractivity contribution in [1.82, 2.24) is 10.3 Å². The summed E-state index contributed by atoms with van der Waals surface area (Å²) in [4.78, 5) is 4.29. The van der Waals surface area contributed by atoms with E-state index in [0.29, 0.717) is 0 Å². The first-order valence-corrected chi connectivity index (χ1v) is 7.18. The van der Waals surface area contributed by atoms with Gasteiger partial charge in [-0.15, -0.1) is 11.8 Å². The Morgan fingerprint density at radius 3 is 2.94 bits per heavy atom. The van der Waals surface area contributed by atoms with E-state index in [1.165, 1.54) is 32.2 Å². The minimum absolute atomic E-state index is 0.944. The molecule has 1 aromatic heterocycles. The number of hydrogen-bond acceptors (Lipinski definition) is 3. The zero-order valence-corrected chi connectivity index (χ0v) is 10.5. The lowest BCUT2D eigenvalue weighted by Gasteiger charge is -2.09. The van der Waals surface area contributed by atoms with Crippen LogP contribution in [0.5, 0.6) is 0 Å². The van der Waals surface area contributed by atoms with E-state index in [1.54, 1.807) is 0 Å². The van der Waals surface area contributed by atoms with Gasteiger partial charge in [0.1, 0.15) is 0 Å². The number of rotatable bonds is 6. The summed E-state index contributed by atoms with van der Waals surface area (Å²) in [6, 6.07) is 6.07. The monoisotopic (exact) mass is 236 g/mol. The first kappa shape index (κ1) is 11.9. The first-order valence-electron chi connectivity index (χ1n) is 6.20. The number of nitrogens with zero attached hydrogens (tertiary/aromatic N) is 1. The molecule has 1 heterocycles. The van der Waals surface area contributed by atoms with Crippen LogP contribution in [0.3, 0.4) is 0 Å². The first-order chi connectivity index (χ1) is 7.95. The second-order valence-corrected chi connectivity index (χ2v) is 5.49. The molecule has 0 aromatic carbocycles. The summed E-state index contributed by atoms with van der Waals surface area (Å²) in [5.41, 5.74) is 0. The van der Waals surface area contributed by atoms with Crippen molar-refractivity contribution in [2.75, 3.05) is 18.8 Å². The van der Waals surface area contributed by atoms with Gasteiger partial charge in [0, 0.05) is 18.5 Å². The molecule has 1 N–H and O–H groups in total. The lowest BCUT2D eigenvalue weighted by atomic mass is 10.1. The largest absolute Gasteiger partial charge is 0.316 e. The Kier molecular flexibility index (Phi) is 5.16. The minimum atomic E-state index is 0.944. The maximum atomic E-state index is 4.29. The predicted octanol–water partition coefficient (Wildman–Crippen LogP) is 2.95. The normalized spacial score (nSPS) is 16.8. The average molecular weight is 236 g/mol. The van der Waals surface area contributed by atoms with Crippen molar-refractivity contribution >= 4 is 11.8 Å². The molecule has 1 saturated carbocycles. The summed E-state index contributed by atoms with van der Waals surface area (Å²) in [5, 5.41) is 4.68. The molecule has 1 aromatic rings. The van der Waals surface area contributed by atoms with Crippen molar-refractivity contribution in [2.24, 2.45) is 5.92 Å². The molecule has 0 amide bonds. The molecule has 3 heteroatoms. The molecule has 0 bridgehead atoms. The summed E-state index contributed by atoms with van der Waals surface area (Å²) in [6.07, 6.45) is 7.60. The molecule has 0 spiro atoms. The second kappa shape index (κ2) is 6.92. The fourth-order valence-corrected chi connectivity index (χ4v) is 2.95. The van der Waals surface area contributed by atoms with Crippen LogP contribution < -0.4 is 5.32 Å². The maximum Gasteiger partial charge on any atom is 0.0960 e. The topological polar surface area (TPSA) is 24.9 Å². The number of thioether (sulfide) groups is 1. The fraction of sp³-hybridized carbons (Fsp3) is 0.615. The van der Waals surface area contributed by atoms with Crippen LogP contribution in [0.25, 0.3) is 0 Å². The molecule has 88 valence electrons. The Balaban J connectivity index is 1.52. The van der Waals surface area contributed by atoms with Gasteiger partial charge in [0.05, 0.1) is 5.03 Å². The number of nitrogens with one attached hydrogen (secondary N) is 1. The van der Waals surface area contributed by atoms with Crippen molar-refractivity contribution in [3.63, 3.8) is 0 Å². The SMILES string of the molecule is c1ccc(SCCNCC2CCCC2)nc1. The Hall–Kier alpha value is -0.540. The van der Waals surface area contributed by atoms with E-state index in [2.05, 4.69) is 16.4 Å². The maximum absolute atomic E-state index is 4.29. The van der Waals surface area contributed by atoms with Crippen LogP contribution in [0.15, 0.2) is 29.4 Å². The van der Waals surface area contributed by atoms with Crippen LogP contribution >= 0.6 is 11.8 Å². The van der Waals surface area contributed by atoms with Crippen molar-refractivity contribution < 1.29 is 0 Å². The molecule has 0 atom stereocenters. The number of hydrogen-bond donors (Lipinski definition) is 1. The zero-order valence-electron chi connectivity index (χ0n) is 9.69. The molecular formula is C13H20N2S. The Bertz CT molecular complexity index is 283. The highest BCUT2D eigenvalue weighted by Crippen LogP contribution is 2.23. The van der Waals surface area contributed by atoms with Crippen molar-refractivity contribution in [3.8, 4) is 0 Å². The van der Waals surface area contributed by atoms with Crippen molar-refractivity contribution in [3.05, 3.63) is 24.4 Å². The Morgan fingerprint density at radius 2 is 2.19 bits per heavy atom. The zero-order chi connectivity index (χ0) is 11.1.